The maximum atomic E-state index is 11.8. The molecule has 0 fully saturated rings. The van der Waals surface area contributed by atoms with Crippen LogP contribution in [0.4, 0.5) is 5.82 Å². The predicted molar refractivity (Wildman–Crippen MR) is 77.2 cm³/mol. The van der Waals surface area contributed by atoms with Crippen molar-refractivity contribution < 1.29 is 9.53 Å². The van der Waals surface area contributed by atoms with Crippen LogP contribution in [0.15, 0.2) is 35.6 Å². The molecule has 0 amide bonds. The van der Waals surface area contributed by atoms with Gasteiger partial charge in [-0.05, 0) is 35.3 Å². The molecule has 0 unspecified atom stereocenters. The number of aromatic nitrogens is 2. The molecule has 2 rings (SSSR count). The van der Waals surface area contributed by atoms with Gasteiger partial charge in [0.05, 0.1) is 24.8 Å². The Morgan fingerprint density at radius 3 is 3.09 bits per heavy atom. The minimum atomic E-state index is -0.595. The van der Waals surface area contributed by atoms with Crippen molar-refractivity contribution in [3.63, 3.8) is 0 Å². The van der Waals surface area contributed by atoms with Gasteiger partial charge >= 0.3 is 5.97 Å². The minimum Gasteiger partial charge on any atom is -0.462 e. The van der Waals surface area contributed by atoms with Crippen molar-refractivity contribution in [2.24, 2.45) is 5.11 Å². The van der Waals surface area contributed by atoms with E-state index in [9.17, 15) is 4.79 Å². The van der Waals surface area contributed by atoms with E-state index in [1.54, 1.807) is 25.1 Å². The summed E-state index contributed by atoms with van der Waals surface area (Å²) in [6.45, 7) is 2.23. The fourth-order valence-corrected chi connectivity index (χ4v) is 1.89. The molecule has 0 aliphatic rings. The second kappa shape index (κ2) is 6.92. The number of benzene rings is 1. The topological polar surface area (TPSA) is 117 Å². The molecule has 110 valence electrons. The second-order valence-corrected chi connectivity index (χ2v) is 4.29. The van der Waals surface area contributed by atoms with Crippen LogP contribution in [0.25, 0.3) is 10.4 Å². The number of hydrogen-bond donors (Lipinski definition) is 0. The van der Waals surface area contributed by atoms with E-state index in [0.717, 1.165) is 5.56 Å². The Morgan fingerprint density at radius 2 is 2.41 bits per heavy atom. The van der Waals surface area contributed by atoms with Crippen molar-refractivity contribution in [1.82, 2.24) is 9.78 Å². The quantitative estimate of drug-likeness (QED) is 0.365. The highest BCUT2D eigenvalue weighted by Crippen LogP contribution is 2.19. The van der Waals surface area contributed by atoms with Crippen LogP contribution in [-0.4, -0.2) is 22.4 Å². The molecular formula is C14H12N6O2. The van der Waals surface area contributed by atoms with Gasteiger partial charge in [-0.2, -0.15) is 10.4 Å². The Hall–Kier alpha value is -3.30. The van der Waals surface area contributed by atoms with Crippen LogP contribution in [0.1, 0.15) is 28.4 Å². The molecule has 0 saturated carbocycles. The fraction of sp³-hybridized carbons (Fsp3) is 0.214. The van der Waals surface area contributed by atoms with Crippen LogP contribution >= 0.6 is 0 Å². The molecule has 1 heterocycles. The largest absolute Gasteiger partial charge is 0.462 e. The highest BCUT2D eigenvalue weighted by atomic mass is 16.5. The van der Waals surface area contributed by atoms with E-state index in [1.807, 2.05) is 6.07 Å². The maximum Gasteiger partial charge on any atom is 0.341 e. The lowest BCUT2D eigenvalue weighted by Gasteiger charge is -2.02. The van der Waals surface area contributed by atoms with Crippen molar-refractivity contribution in [1.29, 1.82) is 5.26 Å². The monoisotopic (exact) mass is 296 g/mol. The highest BCUT2D eigenvalue weighted by Gasteiger charge is 2.16. The lowest BCUT2D eigenvalue weighted by atomic mass is 10.1. The molecule has 1 aromatic heterocycles. The van der Waals surface area contributed by atoms with Gasteiger partial charge in [-0.15, -0.1) is 0 Å². The van der Waals surface area contributed by atoms with Crippen molar-refractivity contribution in [2.45, 2.75) is 13.5 Å². The number of nitriles is 1. The predicted octanol–water partition coefficient (Wildman–Crippen LogP) is 2.92. The lowest BCUT2D eigenvalue weighted by molar-refractivity contribution is 0.0527. The molecule has 0 radical (unpaired) electrons. The first-order valence-corrected chi connectivity index (χ1v) is 6.46. The van der Waals surface area contributed by atoms with E-state index in [4.69, 9.17) is 15.5 Å². The minimum absolute atomic E-state index is 0.0302. The second-order valence-electron chi connectivity index (χ2n) is 4.29. The van der Waals surface area contributed by atoms with Crippen LogP contribution in [0.5, 0.6) is 0 Å². The van der Waals surface area contributed by atoms with Crippen molar-refractivity contribution in [2.75, 3.05) is 6.61 Å². The summed E-state index contributed by atoms with van der Waals surface area (Å²) in [5.41, 5.74) is 10.0. The van der Waals surface area contributed by atoms with E-state index in [0.29, 0.717) is 12.1 Å². The molecule has 8 heteroatoms. The van der Waals surface area contributed by atoms with Crippen molar-refractivity contribution in [3.8, 4) is 6.07 Å². The zero-order valence-electron chi connectivity index (χ0n) is 11.8. The number of azide groups is 1. The summed E-state index contributed by atoms with van der Waals surface area (Å²) in [6, 6.07) is 9.07. The van der Waals surface area contributed by atoms with Crippen LogP contribution in [-0.2, 0) is 11.3 Å². The molecule has 1 aromatic carbocycles. The van der Waals surface area contributed by atoms with Crippen LogP contribution < -0.4 is 0 Å². The third kappa shape index (κ3) is 3.42. The van der Waals surface area contributed by atoms with E-state index in [-0.39, 0.29) is 18.0 Å². The molecular weight excluding hydrogens is 284 g/mol. The van der Waals surface area contributed by atoms with Gasteiger partial charge < -0.3 is 4.74 Å². The third-order valence-corrected chi connectivity index (χ3v) is 2.78. The standard InChI is InChI=1S/C14H12N6O2/c1-2-22-14(21)12-9-20(18-13(12)17-19-16)8-11-5-3-4-10(6-11)7-15/h3-6,9H,2,8H2,1H3. The van der Waals surface area contributed by atoms with Crippen molar-refractivity contribution in [3.05, 3.63) is 57.6 Å². The zero-order chi connectivity index (χ0) is 15.9. The Morgan fingerprint density at radius 1 is 1.59 bits per heavy atom. The van der Waals surface area contributed by atoms with Gasteiger partial charge in [0.25, 0.3) is 0 Å². The summed E-state index contributed by atoms with van der Waals surface area (Å²) in [4.78, 5) is 14.5. The summed E-state index contributed by atoms with van der Waals surface area (Å²) in [5, 5.41) is 16.4. The molecule has 0 saturated heterocycles. The summed E-state index contributed by atoms with van der Waals surface area (Å²) < 4.78 is 6.36. The number of nitrogens with zero attached hydrogens (tertiary/aromatic N) is 6. The Kier molecular flexibility index (Phi) is 4.75. The average Bonchev–Trinajstić information content (AvgIpc) is 2.91. The SMILES string of the molecule is CCOC(=O)c1cn(Cc2cccc(C#N)c2)nc1N=[N+]=[N-]. The number of carbonyl (C=O) groups is 1. The summed E-state index contributed by atoms with van der Waals surface area (Å²) in [7, 11) is 0. The van der Waals surface area contributed by atoms with Gasteiger partial charge in [0.2, 0.25) is 0 Å². The number of ether oxygens (including phenoxy) is 1. The van der Waals surface area contributed by atoms with Gasteiger partial charge in [0.15, 0.2) is 5.82 Å². The number of rotatable bonds is 5. The van der Waals surface area contributed by atoms with Gasteiger partial charge in [-0.3, -0.25) is 4.68 Å². The maximum absolute atomic E-state index is 11.8. The molecule has 22 heavy (non-hydrogen) atoms. The van der Waals surface area contributed by atoms with Crippen molar-refractivity contribution >= 4 is 11.8 Å². The molecule has 2 aromatic rings. The molecule has 8 nitrogen and oxygen atoms in total. The number of esters is 1. The van der Waals surface area contributed by atoms with E-state index in [1.165, 1.54) is 10.9 Å². The molecule has 0 atom stereocenters. The number of carbonyl (C=O) groups excluding carboxylic acids is 1. The normalized spacial score (nSPS) is 9.64. The van der Waals surface area contributed by atoms with Gasteiger partial charge in [-0.1, -0.05) is 12.1 Å². The Labute approximate surface area is 126 Å². The van der Waals surface area contributed by atoms with Gasteiger partial charge in [0, 0.05) is 11.1 Å². The molecule has 0 spiro atoms. The van der Waals surface area contributed by atoms with Crippen LogP contribution in [0, 0.1) is 11.3 Å². The Balaban J connectivity index is 2.32. The highest BCUT2D eigenvalue weighted by molar-refractivity contribution is 5.93. The first kappa shape index (κ1) is 15.1. The molecule has 0 aliphatic heterocycles. The zero-order valence-corrected chi connectivity index (χ0v) is 11.8. The smallest absolute Gasteiger partial charge is 0.341 e. The summed E-state index contributed by atoms with van der Waals surface area (Å²) in [5.74, 6) is -0.626. The first-order valence-electron chi connectivity index (χ1n) is 6.46. The fourth-order valence-electron chi connectivity index (χ4n) is 1.89. The van der Waals surface area contributed by atoms with Crippen LogP contribution in [0.2, 0.25) is 0 Å². The average molecular weight is 296 g/mol. The van der Waals surface area contributed by atoms with Crippen LogP contribution in [0.3, 0.4) is 0 Å². The third-order valence-electron chi connectivity index (χ3n) is 2.78. The van der Waals surface area contributed by atoms with E-state index < -0.39 is 5.97 Å². The molecule has 0 N–H and O–H groups in total. The summed E-state index contributed by atoms with van der Waals surface area (Å²) in [6.07, 6.45) is 1.46. The Bertz CT molecular complexity index is 783. The first-order chi connectivity index (χ1) is 10.7. The summed E-state index contributed by atoms with van der Waals surface area (Å²) >= 11 is 0. The molecule has 0 bridgehead atoms. The molecule has 0 aliphatic carbocycles. The van der Waals surface area contributed by atoms with Gasteiger partial charge in [-0.25, -0.2) is 4.79 Å². The van der Waals surface area contributed by atoms with E-state index >= 15 is 0 Å². The van der Waals surface area contributed by atoms with E-state index in [2.05, 4.69) is 21.2 Å². The van der Waals surface area contributed by atoms with Gasteiger partial charge in [0.1, 0.15) is 5.56 Å². The lowest BCUT2D eigenvalue weighted by Crippen LogP contribution is -2.04. The number of hydrogen-bond acceptors (Lipinski definition) is 5.